The summed E-state index contributed by atoms with van der Waals surface area (Å²) in [5.41, 5.74) is 2.19. The third kappa shape index (κ3) is 4.59. The molecule has 1 saturated carbocycles. The number of imidazole rings is 1. The highest BCUT2D eigenvalue weighted by molar-refractivity contribution is 5.97. The normalized spacial score (nSPS) is 18.3. The molecule has 0 unspecified atom stereocenters. The largest absolute Gasteiger partial charge is 0.352 e. The fourth-order valence-electron chi connectivity index (χ4n) is 4.34. The maximum Gasteiger partial charge on any atom is 0.326 e. The minimum atomic E-state index is -0.0772. The van der Waals surface area contributed by atoms with Gasteiger partial charge in [0.05, 0.1) is 11.0 Å². The number of hydrogen-bond donors (Lipinski definition) is 3. The maximum absolute atomic E-state index is 12.5. The standard InChI is InChI=1S/C20H29N5O2.ClH/c26-19(22-8-3-11-24-12-9-21-10-13-24)15-6-7-18-17(14-15)23-20(27)25(18)16-4-1-2-5-16;/h6-7,14,16,21H,1-5,8-13H2,(H,22,26)(H,23,27);1H. The number of aromatic amines is 1. The zero-order valence-corrected chi connectivity index (χ0v) is 17.0. The quantitative estimate of drug-likeness (QED) is 0.639. The summed E-state index contributed by atoms with van der Waals surface area (Å²) in [5.74, 6) is -0.0772. The number of halogens is 1. The van der Waals surface area contributed by atoms with E-state index in [0.29, 0.717) is 12.1 Å². The molecule has 2 fully saturated rings. The van der Waals surface area contributed by atoms with Gasteiger partial charge in [0.2, 0.25) is 0 Å². The zero-order valence-electron chi connectivity index (χ0n) is 16.2. The Labute approximate surface area is 171 Å². The van der Waals surface area contributed by atoms with E-state index in [2.05, 4.69) is 20.5 Å². The highest BCUT2D eigenvalue weighted by Crippen LogP contribution is 2.30. The number of carbonyl (C=O) groups excluding carboxylic acids is 1. The first kappa shape index (κ1) is 20.9. The minimum absolute atomic E-state index is 0. The topological polar surface area (TPSA) is 82.2 Å². The van der Waals surface area contributed by atoms with E-state index in [9.17, 15) is 9.59 Å². The SMILES string of the molecule is Cl.O=C(NCCCN1CCNCC1)c1ccc2c(c1)[nH]c(=O)n2C1CCCC1. The number of nitrogens with zero attached hydrogens (tertiary/aromatic N) is 2. The smallest absolute Gasteiger partial charge is 0.326 e. The summed E-state index contributed by atoms with van der Waals surface area (Å²) < 4.78 is 1.87. The van der Waals surface area contributed by atoms with Gasteiger partial charge in [-0.05, 0) is 44.0 Å². The molecule has 2 heterocycles. The molecule has 0 atom stereocenters. The van der Waals surface area contributed by atoms with Crippen LogP contribution < -0.4 is 16.3 Å². The zero-order chi connectivity index (χ0) is 18.6. The molecule has 1 saturated heterocycles. The molecule has 1 amide bonds. The number of nitrogens with one attached hydrogen (secondary N) is 3. The summed E-state index contributed by atoms with van der Waals surface area (Å²) in [5, 5.41) is 6.34. The van der Waals surface area contributed by atoms with E-state index in [4.69, 9.17) is 0 Å². The molecule has 2 aliphatic rings. The van der Waals surface area contributed by atoms with Crippen LogP contribution in [0.3, 0.4) is 0 Å². The number of fused-ring (bicyclic) bond motifs is 1. The highest BCUT2D eigenvalue weighted by Gasteiger charge is 2.21. The van der Waals surface area contributed by atoms with Gasteiger partial charge in [0.15, 0.2) is 0 Å². The van der Waals surface area contributed by atoms with Gasteiger partial charge < -0.3 is 20.5 Å². The number of carbonyl (C=O) groups is 1. The van der Waals surface area contributed by atoms with Crippen LogP contribution in [0.2, 0.25) is 0 Å². The first-order valence-electron chi connectivity index (χ1n) is 10.2. The highest BCUT2D eigenvalue weighted by atomic mass is 35.5. The Morgan fingerprint density at radius 2 is 1.93 bits per heavy atom. The maximum atomic E-state index is 12.5. The molecule has 28 heavy (non-hydrogen) atoms. The molecular formula is C20H30ClN5O2. The van der Waals surface area contributed by atoms with Crippen molar-refractivity contribution in [1.82, 2.24) is 25.1 Å². The Bertz CT molecular complexity index is 850. The third-order valence-corrected chi connectivity index (χ3v) is 5.81. The number of aromatic nitrogens is 2. The lowest BCUT2D eigenvalue weighted by Gasteiger charge is -2.27. The van der Waals surface area contributed by atoms with E-state index in [1.807, 2.05) is 16.7 Å². The molecule has 1 aromatic heterocycles. The van der Waals surface area contributed by atoms with Crippen molar-refractivity contribution in [3.05, 3.63) is 34.2 Å². The molecule has 1 aromatic carbocycles. The molecule has 1 aliphatic heterocycles. The van der Waals surface area contributed by atoms with Crippen LogP contribution in [-0.2, 0) is 0 Å². The predicted molar refractivity (Wildman–Crippen MR) is 114 cm³/mol. The molecule has 1 aliphatic carbocycles. The Morgan fingerprint density at radius 3 is 2.68 bits per heavy atom. The van der Waals surface area contributed by atoms with Crippen molar-refractivity contribution < 1.29 is 4.79 Å². The van der Waals surface area contributed by atoms with Crippen LogP contribution in [0.1, 0.15) is 48.5 Å². The first-order chi connectivity index (χ1) is 13.2. The van der Waals surface area contributed by atoms with Gasteiger partial charge in [0.1, 0.15) is 0 Å². The Hall–Kier alpha value is -1.83. The predicted octanol–water partition coefficient (Wildman–Crippen LogP) is 1.89. The monoisotopic (exact) mass is 407 g/mol. The van der Waals surface area contributed by atoms with Gasteiger partial charge in [-0.15, -0.1) is 12.4 Å². The Balaban J connectivity index is 0.00000225. The second kappa shape index (κ2) is 9.58. The number of H-pyrrole nitrogens is 1. The van der Waals surface area contributed by atoms with Crippen LogP contribution in [-0.4, -0.2) is 59.6 Å². The van der Waals surface area contributed by atoms with Gasteiger partial charge in [-0.25, -0.2) is 4.79 Å². The summed E-state index contributed by atoms with van der Waals surface area (Å²) in [6, 6.07) is 5.82. The average Bonchev–Trinajstić information content (AvgIpc) is 3.31. The first-order valence-corrected chi connectivity index (χ1v) is 10.2. The average molecular weight is 408 g/mol. The number of rotatable bonds is 6. The van der Waals surface area contributed by atoms with Gasteiger partial charge in [0.25, 0.3) is 5.91 Å². The second-order valence-corrected chi connectivity index (χ2v) is 7.67. The second-order valence-electron chi connectivity index (χ2n) is 7.67. The van der Waals surface area contributed by atoms with E-state index in [-0.39, 0.29) is 30.0 Å². The van der Waals surface area contributed by atoms with Crippen LogP contribution in [0, 0.1) is 0 Å². The summed E-state index contributed by atoms with van der Waals surface area (Å²) in [6.45, 7) is 5.93. The molecule has 0 radical (unpaired) electrons. The molecule has 2 aromatic rings. The van der Waals surface area contributed by atoms with Crippen LogP contribution in [0.15, 0.2) is 23.0 Å². The number of piperazine rings is 1. The van der Waals surface area contributed by atoms with Crippen LogP contribution in [0.4, 0.5) is 0 Å². The van der Waals surface area contributed by atoms with Crippen molar-refractivity contribution in [1.29, 1.82) is 0 Å². The lowest BCUT2D eigenvalue weighted by atomic mass is 10.1. The molecule has 0 bridgehead atoms. The fraction of sp³-hybridized carbons (Fsp3) is 0.600. The van der Waals surface area contributed by atoms with Crippen molar-refractivity contribution in [2.45, 2.75) is 38.1 Å². The van der Waals surface area contributed by atoms with Crippen LogP contribution >= 0.6 is 12.4 Å². The van der Waals surface area contributed by atoms with Gasteiger partial charge in [-0.2, -0.15) is 0 Å². The summed E-state index contributed by atoms with van der Waals surface area (Å²) in [7, 11) is 0. The van der Waals surface area contributed by atoms with E-state index in [0.717, 1.165) is 63.0 Å². The van der Waals surface area contributed by atoms with Gasteiger partial charge in [-0.3, -0.25) is 9.36 Å². The van der Waals surface area contributed by atoms with E-state index >= 15 is 0 Å². The number of benzene rings is 1. The number of amides is 1. The molecular weight excluding hydrogens is 378 g/mol. The Kier molecular flexibility index (Phi) is 7.15. The molecule has 3 N–H and O–H groups in total. The third-order valence-electron chi connectivity index (χ3n) is 5.81. The van der Waals surface area contributed by atoms with Gasteiger partial charge in [-0.1, -0.05) is 12.8 Å². The van der Waals surface area contributed by atoms with Crippen LogP contribution in [0.25, 0.3) is 11.0 Å². The minimum Gasteiger partial charge on any atom is -0.352 e. The fourth-order valence-corrected chi connectivity index (χ4v) is 4.34. The van der Waals surface area contributed by atoms with Crippen molar-refractivity contribution >= 4 is 29.3 Å². The van der Waals surface area contributed by atoms with Gasteiger partial charge in [0, 0.05) is 44.3 Å². The van der Waals surface area contributed by atoms with Gasteiger partial charge >= 0.3 is 5.69 Å². The molecule has 4 rings (SSSR count). The number of hydrogen-bond acceptors (Lipinski definition) is 4. The lowest BCUT2D eigenvalue weighted by molar-refractivity contribution is 0.0951. The van der Waals surface area contributed by atoms with Crippen LogP contribution in [0.5, 0.6) is 0 Å². The molecule has 7 nitrogen and oxygen atoms in total. The summed E-state index contributed by atoms with van der Waals surface area (Å²) in [6.07, 6.45) is 5.42. The van der Waals surface area contributed by atoms with Crippen molar-refractivity contribution in [3.63, 3.8) is 0 Å². The summed E-state index contributed by atoms with van der Waals surface area (Å²) in [4.78, 5) is 30.2. The van der Waals surface area contributed by atoms with Crippen molar-refractivity contribution in [3.8, 4) is 0 Å². The Morgan fingerprint density at radius 1 is 1.18 bits per heavy atom. The van der Waals surface area contributed by atoms with Crippen molar-refractivity contribution in [2.75, 3.05) is 39.3 Å². The van der Waals surface area contributed by atoms with E-state index in [1.165, 1.54) is 12.8 Å². The molecule has 0 spiro atoms. The lowest BCUT2D eigenvalue weighted by Crippen LogP contribution is -2.44. The summed E-state index contributed by atoms with van der Waals surface area (Å²) >= 11 is 0. The van der Waals surface area contributed by atoms with Crippen molar-refractivity contribution in [2.24, 2.45) is 0 Å². The van der Waals surface area contributed by atoms with E-state index in [1.54, 1.807) is 6.07 Å². The molecule has 154 valence electrons. The molecule has 8 heteroatoms. The van der Waals surface area contributed by atoms with E-state index < -0.39 is 0 Å².